The van der Waals surface area contributed by atoms with Crippen molar-refractivity contribution in [3.63, 3.8) is 0 Å². The lowest BCUT2D eigenvalue weighted by Gasteiger charge is -2.27. The van der Waals surface area contributed by atoms with Crippen molar-refractivity contribution in [3.8, 4) is 5.75 Å². The Labute approximate surface area is 123 Å². The number of pyridine rings is 1. The van der Waals surface area contributed by atoms with E-state index < -0.39 is 0 Å². The molecule has 1 fully saturated rings. The zero-order valence-corrected chi connectivity index (χ0v) is 12.4. The first kappa shape index (κ1) is 13.6. The molecule has 0 saturated carbocycles. The Morgan fingerprint density at radius 3 is 2.80 bits per heavy atom. The van der Waals surface area contributed by atoms with Gasteiger partial charge in [-0.2, -0.15) is 0 Å². The molecule has 5 heteroatoms. The Morgan fingerprint density at radius 2 is 2.05 bits per heavy atom. The molecule has 3 N–H and O–H groups in total. The summed E-state index contributed by atoms with van der Waals surface area (Å²) in [4.78, 5) is 7.34. The van der Waals surface area contributed by atoms with Crippen LogP contribution in [0, 0.1) is 0 Å². The molecule has 0 spiro atoms. The maximum Gasteiger partial charge on any atom is 0.150 e. The number of halogens is 1. The predicted octanol–water partition coefficient (Wildman–Crippen LogP) is -0.493. The van der Waals surface area contributed by atoms with E-state index in [1.807, 2.05) is 18.2 Å². The topological polar surface area (TPSA) is 42.0 Å². The monoisotopic (exact) mass is 293 g/mol. The van der Waals surface area contributed by atoms with Crippen molar-refractivity contribution in [2.24, 2.45) is 0 Å². The van der Waals surface area contributed by atoms with E-state index in [2.05, 4.69) is 12.0 Å². The van der Waals surface area contributed by atoms with Crippen LogP contribution >= 0.6 is 11.6 Å². The van der Waals surface area contributed by atoms with Gasteiger partial charge in [0.1, 0.15) is 38.2 Å². The first-order chi connectivity index (χ1) is 9.65. The van der Waals surface area contributed by atoms with Gasteiger partial charge in [-0.05, 0) is 18.2 Å². The first-order valence-electron chi connectivity index (χ1n) is 7.05. The van der Waals surface area contributed by atoms with Gasteiger partial charge in [-0.25, -0.2) is 0 Å². The number of phenols is 1. The molecule has 1 aromatic heterocycles. The van der Waals surface area contributed by atoms with Gasteiger partial charge >= 0.3 is 0 Å². The highest BCUT2D eigenvalue weighted by atomic mass is 35.5. The Kier molecular flexibility index (Phi) is 3.78. The van der Waals surface area contributed by atoms with Crippen molar-refractivity contribution in [1.29, 1.82) is 0 Å². The van der Waals surface area contributed by atoms with Gasteiger partial charge in [0.2, 0.25) is 0 Å². The third kappa shape index (κ3) is 2.59. The number of rotatable bonds is 2. The third-order valence-corrected chi connectivity index (χ3v) is 4.46. The minimum Gasteiger partial charge on any atom is -0.505 e. The lowest BCUT2D eigenvalue weighted by atomic mass is 10.1. The molecule has 0 atom stereocenters. The van der Waals surface area contributed by atoms with Crippen molar-refractivity contribution < 1.29 is 14.9 Å². The molecule has 1 saturated heterocycles. The lowest BCUT2D eigenvalue weighted by Crippen LogP contribution is -3.26. The molecule has 1 aliphatic heterocycles. The smallest absolute Gasteiger partial charge is 0.150 e. The van der Waals surface area contributed by atoms with Crippen LogP contribution in [0.1, 0.15) is 5.56 Å². The predicted molar refractivity (Wildman–Crippen MR) is 79.4 cm³/mol. The fourth-order valence-electron chi connectivity index (χ4n) is 2.85. The van der Waals surface area contributed by atoms with E-state index in [-0.39, 0.29) is 5.75 Å². The number of benzene rings is 1. The minimum absolute atomic E-state index is 0.281. The summed E-state index contributed by atoms with van der Waals surface area (Å²) in [5.41, 5.74) is 1.50. The molecule has 106 valence electrons. The van der Waals surface area contributed by atoms with Crippen LogP contribution in [0.25, 0.3) is 10.9 Å². The number of aromatic hydroxyl groups is 1. The quantitative estimate of drug-likeness (QED) is 0.699. The summed E-state index contributed by atoms with van der Waals surface area (Å²) in [5.74, 6) is 0.281. The van der Waals surface area contributed by atoms with Crippen molar-refractivity contribution in [2.75, 3.05) is 33.2 Å². The molecule has 0 bridgehead atoms. The summed E-state index contributed by atoms with van der Waals surface area (Å²) in [6.07, 6.45) is 1.69. The maximum absolute atomic E-state index is 10.4. The van der Waals surface area contributed by atoms with Gasteiger partial charge < -0.3 is 14.9 Å². The normalized spacial score (nSPS) is 23.1. The van der Waals surface area contributed by atoms with Gasteiger partial charge in [-0.1, -0.05) is 11.6 Å². The summed E-state index contributed by atoms with van der Waals surface area (Å²) in [7, 11) is 2.23. The van der Waals surface area contributed by atoms with Gasteiger partial charge in [0.05, 0.1) is 17.6 Å². The Bertz CT molecular complexity index is 624. The molecule has 20 heavy (non-hydrogen) atoms. The highest BCUT2D eigenvalue weighted by Crippen LogP contribution is 2.32. The summed E-state index contributed by atoms with van der Waals surface area (Å²) in [6.45, 7) is 5.42. The Hall–Kier alpha value is -1.36. The number of likely N-dealkylation sites (N-methyl/N-ethyl adjacent to an activating group) is 1. The lowest BCUT2D eigenvalue weighted by molar-refractivity contribution is -1.01. The summed E-state index contributed by atoms with van der Waals surface area (Å²) >= 11 is 6.31. The average Bonchev–Trinajstić information content (AvgIpc) is 2.47. The minimum atomic E-state index is 0.281. The van der Waals surface area contributed by atoms with E-state index in [9.17, 15) is 5.11 Å². The number of hydrogen-bond donors (Lipinski definition) is 3. The van der Waals surface area contributed by atoms with E-state index in [1.165, 1.54) is 18.0 Å². The highest BCUT2D eigenvalue weighted by Gasteiger charge is 2.22. The SMILES string of the molecule is C[NH+]1CC[NH+](Cc2cc(Cl)c3cccnc3c2O)CC1. The van der Waals surface area contributed by atoms with E-state index >= 15 is 0 Å². The average molecular weight is 294 g/mol. The number of fused-ring (bicyclic) bond motifs is 1. The zero-order chi connectivity index (χ0) is 14.1. The van der Waals surface area contributed by atoms with Crippen LogP contribution in [0.3, 0.4) is 0 Å². The molecule has 0 radical (unpaired) electrons. The Morgan fingerprint density at radius 1 is 1.30 bits per heavy atom. The second-order valence-corrected chi connectivity index (χ2v) is 6.06. The van der Waals surface area contributed by atoms with Crippen LogP contribution in [0.4, 0.5) is 0 Å². The molecule has 3 rings (SSSR count). The number of nitrogens with zero attached hydrogens (tertiary/aromatic N) is 1. The van der Waals surface area contributed by atoms with Gasteiger partial charge in [0, 0.05) is 11.6 Å². The molecular formula is C15H20ClN3O+2. The first-order valence-corrected chi connectivity index (χ1v) is 7.43. The number of phenolic OH excluding ortho intramolecular Hbond substituents is 1. The van der Waals surface area contributed by atoms with E-state index in [0.717, 1.165) is 30.6 Å². The van der Waals surface area contributed by atoms with Crippen LogP contribution < -0.4 is 9.80 Å². The number of piperazine rings is 1. The third-order valence-electron chi connectivity index (χ3n) is 4.15. The van der Waals surface area contributed by atoms with Crippen molar-refractivity contribution >= 4 is 22.5 Å². The van der Waals surface area contributed by atoms with Crippen molar-refractivity contribution in [3.05, 3.63) is 35.0 Å². The largest absolute Gasteiger partial charge is 0.505 e. The Balaban J connectivity index is 1.90. The number of quaternary nitrogens is 2. The van der Waals surface area contributed by atoms with Crippen LogP contribution in [0.15, 0.2) is 24.4 Å². The van der Waals surface area contributed by atoms with Crippen LogP contribution in [-0.2, 0) is 6.54 Å². The summed E-state index contributed by atoms with van der Waals surface area (Å²) < 4.78 is 0. The number of aromatic nitrogens is 1. The summed E-state index contributed by atoms with van der Waals surface area (Å²) in [5, 5.41) is 11.9. The molecule has 2 aromatic rings. The molecule has 4 nitrogen and oxygen atoms in total. The van der Waals surface area contributed by atoms with Crippen molar-refractivity contribution in [1.82, 2.24) is 4.98 Å². The van der Waals surface area contributed by atoms with Crippen LogP contribution in [0.5, 0.6) is 5.75 Å². The second-order valence-electron chi connectivity index (χ2n) is 5.65. The maximum atomic E-state index is 10.4. The molecular weight excluding hydrogens is 274 g/mol. The van der Waals surface area contributed by atoms with Gasteiger partial charge in [0.25, 0.3) is 0 Å². The molecule has 0 aliphatic carbocycles. The fourth-order valence-corrected chi connectivity index (χ4v) is 3.13. The van der Waals surface area contributed by atoms with Crippen LogP contribution in [-0.4, -0.2) is 43.3 Å². The second kappa shape index (κ2) is 5.56. The standard InChI is InChI=1S/C15H18ClN3O/c1-18-5-7-19(8-6-18)10-11-9-13(16)12-3-2-4-17-14(12)15(11)20/h2-4,9,20H,5-8,10H2,1H3/p+2. The van der Waals surface area contributed by atoms with E-state index in [0.29, 0.717) is 10.5 Å². The number of nitrogens with one attached hydrogen (secondary N) is 2. The molecule has 0 unspecified atom stereocenters. The van der Waals surface area contributed by atoms with Crippen LogP contribution in [0.2, 0.25) is 5.02 Å². The van der Waals surface area contributed by atoms with E-state index in [4.69, 9.17) is 11.6 Å². The fraction of sp³-hybridized carbons (Fsp3) is 0.400. The van der Waals surface area contributed by atoms with E-state index in [1.54, 1.807) is 11.1 Å². The number of hydrogen-bond acceptors (Lipinski definition) is 2. The summed E-state index contributed by atoms with van der Waals surface area (Å²) in [6, 6.07) is 5.61. The molecule has 1 aromatic carbocycles. The molecule has 1 aliphatic rings. The highest BCUT2D eigenvalue weighted by molar-refractivity contribution is 6.35. The molecule has 2 heterocycles. The van der Waals surface area contributed by atoms with Gasteiger partial charge in [0.15, 0.2) is 5.75 Å². The zero-order valence-electron chi connectivity index (χ0n) is 11.6. The van der Waals surface area contributed by atoms with Gasteiger partial charge in [-0.3, -0.25) is 4.98 Å². The molecule has 0 amide bonds. The van der Waals surface area contributed by atoms with Crippen molar-refractivity contribution in [2.45, 2.75) is 6.54 Å². The van der Waals surface area contributed by atoms with Gasteiger partial charge in [-0.15, -0.1) is 0 Å².